The molecule has 0 spiro atoms. The quantitative estimate of drug-likeness (QED) is 0.465. The van der Waals surface area contributed by atoms with Gasteiger partial charge in [-0.3, -0.25) is 9.20 Å². The third kappa shape index (κ3) is 5.03. The molecule has 8 nitrogen and oxygen atoms in total. The standard InChI is InChI=1S/C23H27FN6O2.Pt/c1-5-18-21(29-13-15(3)14(2)10-20(29)27-18)22(31)26-12-16-6-7-19(17(24)11-16)30-9-8-25-23(28-30)32-4;/h6-7,10-11,13H,5,8-9,12H2,1-4H3,(H2,25,26,28,31);/p-1. The van der Waals surface area contributed by atoms with Crippen LogP contribution in [0, 0.1) is 19.7 Å². The van der Waals surface area contributed by atoms with E-state index < -0.39 is 5.82 Å². The second kappa shape index (κ2) is 10.3. The summed E-state index contributed by atoms with van der Waals surface area (Å²) in [7, 11) is 1.48. The van der Waals surface area contributed by atoms with Gasteiger partial charge in [0.2, 0.25) is 0 Å². The number of pyridine rings is 1. The summed E-state index contributed by atoms with van der Waals surface area (Å²) >= 11 is 0. The van der Waals surface area contributed by atoms with Crippen molar-refractivity contribution in [1.29, 1.82) is 0 Å². The van der Waals surface area contributed by atoms with Gasteiger partial charge in [0.15, 0.2) is 0 Å². The summed E-state index contributed by atoms with van der Waals surface area (Å²) in [5.74, 6) is -0.665. The number of hydrazone groups is 1. The smallest absolute Gasteiger partial charge is 0.270 e. The fourth-order valence-electron chi connectivity index (χ4n) is 3.66. The normalized spacial score (nSPS) is 13.2. The van der Waals surface area contributed by atoms with Gasteiger partial charge in [-0.15, -0.1) is 0 Å². The van der Waals surface area contributed by atoms with E-state index in [1.165, 1.54) is 18.2 Å². The zero-order valence-electron chi connectivity index (χ0n) is 19.0. The monoisotopic (exact) mass is 632 g/mol. The van der Waals surface area contributed by atoms with Gasteiger partial charge in [0.25, 0.3) is 5.91 Å². The number of aromatic nitrogens is 2. The van der Waals surface area contributed by atoms with E-state index in [0.29, 0.717) is 36.5 Å². The SMILES string of the molecule is CCc1nc2cc(C)c(C)cn2c1C(=O)NCc1ccc(N2CC[N-]C(OC)=N2)c(F)c1.[Pt]. The van der Waals surface area contributed by atoms with Gasteiger partial charge in [0.05, 0.1) is 18.5 Å². The molecule has 0 radical (unpaired) electrons. The van der Waals surface area contributed by atoms with Crippen molar-refractivity contribution in [1.82, 2.24) is 14.7 Å². The molecule has 1 aliphatic rings. The number of benzene rings is 1. The largest absolute Gasteiger partial charge is 0.503 e. The van der Waals surface area contributed by atoms with Crippen LogP contribution in [0.2, 0.25) is 0 Å². The zero-order valence-corrected chi connectivity index (χ0v) is 21.2. The van der Waals surface area contributed by atoms with Crippen molar-refractivity contribution in [3.63, 3.8) is 0 Å². The molecule has 178 valence electrons. The number of methoxy groups -OCH3 is 1. The van der Waals surface area contributed by atoms with Gasteiger partial charge in [-0.2, -0.15) is 0 Å². The summed E-state index contributed by atoms with van der Waals surface area (Å²) in [5, 5.41) is 12.7. The number of carbonyl (C=O) groups excluding carboxylic acids is 1. The fraction of sp³-hybridized carbons (Fsp3) is 0.348. The van der Waals surface area contributed by atoms with Crippen LogP contribution in [0.15, 0.2) is 35.6 Å². The molecular weight excluding hydrogens is 606 g/mol. The van der Waals surface area contributed by atoms with E-state index in [4.69, 9.17) is 4.74 Å². The molecule has 0 saturated heterocycles. The number of halogens is 1. The van der Waals surface area contributed by atoms with Crippen molar-refractivity contribution < 1.29 is 35.0 Å². The van der Waals surface area contributed by atoms with Crippen molar-refractivity contribution in [2.75, 3.05) is 25.2 Å². The molecule has 4 rings (SSSR count). The molecule has 1 amide bonds. The first kappa shape index (κ1) is 24.7. The fourth-order valence-corrected chi connectivity index (χ4v) is 3.66. The summed E-state index contributed by atoms with van der Waals surface area (Å²) in [6.45, 7) is 7.13. The Bertz CT molecular complexity index is 1210. The van der Waals surface area contributed by atoms with Gasteiger partial charge in [-0.05, 0) is 61.7 Å². The first-order valence-corrected chi connectivity index (χ1v) is 10.5. The maximum Gasteiger partial charge on any atom is 0.270 e. The molecule has 1 aliphatic heterocycles. The molecule has 2 aromatic heterocycles. The number of rotatable bonds is 5. The van der Waals surface area contributed by atoms with Crippen LogP contribution in [-0.4, -0.2) is 41.5 Å². The summed E-state index contributed by atoms with van der Waals surface area (Å²) in [5.41, 5.74) is 5.18. The molecule has 3 heterocycles. The molecule has 0 atom stereocenters. The molecule has 0 fully saturated rings. The predicted octanol–water partition coefficient (Wildman–Crippen LogP) is 3.69. The molecule has 1 aromatic carbocycles. The van der Waals surface area contributed by atoms with Crippen LogP contribution >= 0.6 is 0 Å². The minimum atomic E-state index is -0.423. The Kier molecular flexibility index (Phi) is 7.74. The number of imidazole rings is 1. The molecule has 33 heavy (non-hydrogen) atoms. The van der Waals surface area contributed by atoms with Crippen molar-refractivity contribution in [3.05, 3.63) is 69.7 Å². The molecule has 3 aromatic rings. The summed E-state index contributed by atoms with van der Waals surface area (Å²) in [4.78, 5) is 17.6. The van der Waals surface area contributed by atoms with Crippen LogP contribution in [-0.2, 0) is 38.8 Å². The number of carbonyl (C=O) groups is 1. The number of hydrogen-bond donors (Lipinski definition) is 1. The number of nitrogens with zero attached hydrogens (tertiary/aromatic N) is 5. The average molecular weight is 633 g/mol. The van der Waals surface area contributed by atoms with E-state index in [0.717, 1.165) is 22.5 Å². The third-order valence-electron chi connectivity index (χ3n) is 5.54. The Labute approximate surface area is 206 Å². The average Bonchev–Trinajstić information content (AvgIpc) is 3.15. The maximum atomic E-state index is 14.8. The van der Waals surface area contributed by atoms with Crippen LogP contribution in [0.5, 0.6) is 0 Å². The number of amidine groups is 1. The third-order valence-corrected chi connectivity index (χ3v) is 5.54. The topological polar surface area (TPSA) is 85.3 Å². The minimum absolute atomic E-state index is 0. The van der Waals surface area contributed by atoms with E-state index in [1.807, 2.05) is 37.4 Å². The molecule has 0 unspecified atom stereocenters. The van der Waals surface area contributed by atoms with E-state index in [1.54, 1.807) is 12.1 Å². The van der Waals surface area contributed by atoms with E-state index in [-0.39, 0.29) is 39.5 Å². The van der Waals surface area contributed by atoms with Crippen LogP contribution in [0.3, 0.4) is 0 Å². The number of hydrogen-bond acceptors (Lipinski definition) is 5. The number of fused-ring (bicyclic) bond motifs is 1. The van der Waals surface area contributed by atoms with Crippen molar-refractivity contribution in [2.24, 2.45) is 5.10 Å². The van der Waals surface area contributed by atoms with Crippen LogP contribution in [0.4, 0.5) is 10.1 Å². The van der Waals surface area contributed by atoms with Gasteiger partial charge in [-0.1, -0.05) is 13.0 Å². The molecule has 0 aliphatic carbocycles. The van der Waals surface area contributed by atoms with Gasteiger partial charge in [0.1, 0.15) is 23.2 Å². The number of nitrogens with one attached hydrogen (secondary N) is 1. The van der Waals surface area contributed by atoms with Crippen molar-refractivity contribution >= 4 is 23.3 Å². The number of ether oxygens (including phenoxy) is 1. The Morgan fingerprint density at radius 1 is 1.27 bits per heavy atom. The van der Waals surface area contributed by atoms with E-state index in [2.05, 4.69) is 20.7 Å². The molecule has 10 heteroatoms. The second-order valence-corrected chi connectivity index (χ2v) is 7.69. The first-order valence-electron chi connectivity index (χ1n) is 10.5. The van der Waals surface area contributed by atoms with Crippen LogP contribution in [0.1, 0.15) is 39.8 Å². The van der Waals surface area contributed by atoms with Crippen LogP contribution in [0.25, 0.3) is 11.0 Å². The Morgan fingerprint density at radius 3 is 2.76 bits per heavy atom. The minimum Gasteiger partial charge on any atom is -0.503 e. The van der Waals surface area contributed by atoms with Crippen molar-refractivity contribution in [2.45, 2.75) is 33.7 Å². The van der Waals surface area contributed by atoms with Gasteiger partial charge in [0, 0.05) is 40.4 Å². The number of aryl methyl sites for hydroxylation is 3. The van der Waals surface area contributed by atoms with E-state index in [9.17, 15) is 9.18 Å². The molecule has 0 bridgehead atoms. The van der Waals surface area contributed by atoms with Crippen LogP contribution < -0.4 is 10.3 Å². The summed E-state index contributed by atoms with van der Waals surface area (Å²) < 4.78 is 21.6. The predicted molar refractivity (Wildman–Crippen MR) is 122 cm³/mol. The van der Waals surface area contributed by atoms with E-state index >= 15 is 0 Å². The second-order valence-electron chi connectivity index (χ2n) is 7.69. The Balaban J connectivity index is 0.00000306. The maximum absolute atomic E-state index is 14.8. The zero-order chi connectivity index (χ0) is 22.8. The number of anilines is 1. The van der Waals surface area contributed by atoms with Gasteiger partial charge >= 0.3 is 0 Å². The van der Waals surface area contributed by atoms with Crippen molar-refractivity contribution in [3.8, 4) is 0 Å². The summed E-state index contributed by atoms with van der Waals surface area (Å²) in [6.07, 6.45) is 2.57. The van der Waals surface area contributed by atoms with Gasteiger partial charge in [-0.25, -0.2) is 9.37 Å². The molecule has 1 N–H and O–H groups in total. The first-order chi connectivity index (χ1) is 15.4. The molecular formula is C23H26FN6O2Pt-. The number of amides is 1. The Hall–Kier alpha value is -2.93. The van der Waals surface area contributed by atoms with Gasteiger partial charge < -0.3 is 25.5 Å². The summed E-state index contributed by atoms with van der Waals surface area (Å²) in [6, 6.07) is 7.03. The molecule has 0 saturated carbocycles. The Morgan fingerprint density at radius 2 is 2.06 bits per heavy atom.